The third-order valence-electron chi connectivity index (χ3n) is 10.5. The van der Waals surface area contributed by atoms with Gasteiger partial charge in [0.2, 0.25) is 47.3 Å². The number of benzene rings is 1. The number of hydrogen-bond donors (Lipinski definition) is 11. The van der Waals surface area contributed by atoms with Crippen molar-refractivity contribution in [2.45, 2.75) is 141 Å². The van der Waals surface area contributed by atoms with Gasteiger partial charge in [-0.25, -0.2) is 4.79 Å². The lowest BCUT2D eigenvalue weighted by Gasteiger charge is -2.31. The Bertz CT molecular complexity index is 1800. The van der Waals surface area contributed by atoms with E-state index in [1.807, 2.05) is 6.92 Å². The fourth-order valence-corrected chi connectivity index (χ4v) is 7.15. The largest absolute Gasteiger partial charge is 0.494 e. The van der Waals surface area contributed by atoms with Crippen molar-refractivity contribution >= 4 is 78.5 Å². The first kappa shape index (κ1) is 55.0. The smallest absolute Gasteiger partial charge is 0.326 e. The number of aliphatic carboxylic acids is 1. The van der Waals surface area contributed by atoms with Crippen LogP contribution in [0, 0.1) is 11.8 Å². The van der Waals surface area contributed by atoms with Gasteiger partial charge >= 0.3 is 5.97 Å². The normalized spacial score (nSPS) is 17.8. The SMILES string of the molecule is CCOc1ccc(C[C@H](NC(=O)C(C)S)C(=O)N[C@H](C(=O)N[C@H](C(=O)N[C@@H](CC(N)=O)C(=O)N[C@@H](CS)C(=O)N2CCC[C@H]2C(=O)N[C@@H](CC(C)C)C(=O)O)[C@@H](C)O)[C@@H](C)CC)cc1. The summed E-state index contributed by atoms with van der Waals surface area (Å²) in [4.78, 5) is 120. The maximum atomic E-state index is 13.9. The second kappa shape index (κ2) is 26.6. The van der Waals surface area contributed by atoms with Crippen molar-refractivity contribution < 1.29 is 58.1 Å². The molecule has 0 radical (unpaired) electrons. The number of nitrogens with zero attached hydrogens (tertiary/aromatic N) is 1. The summed E-state index contributed by atoms with van der Waals surface area (Å²) < 4.78 is 5.49. The van der Waals surface area contributed by atoms with Crippen molar-refractivity contribution in [1.82, 2.24) is 36.8 Å². The van der Waals surface area contributed by atoms with Gasteiger partial charge in [0, 0.05) is 18.7 Å². The van der Waals surface area contributed by atoms with E-state index < -0.39 is 119 Å². The van der Waals surface area contributed by atoms with Gasteiger partial charge in [0.1, 0.15) is 48.0 Å². The standard InChI is InChI=1S/C42H66N8O12S2/c1-8-22(5)33(48-37(55)27(44-35(53)24(7)64)18-25-12-14-26(15-13-25)62-9-2)39(57)49-34(23(6)51)40(58)45-28(19-32(43)52)36(54)47-30(20-63)41(59)50-16-10-11-31(50)38(56)46-29(42(60)61)17-21(3)4/h12-15,21-24,27-31,33-34,51,63-64H,8-11,16-20H2,1-7H3,(H2,43,52)(H,44,53)(H,45,58)(H,46,56)(H,47,54)(H,48,55)(H,49,57)(H,60,61)/t22-,23+,24?,27-,28-,29-,30-,31-,33-,34-/m0/s1. The van der Waals surface area contributed by atoms with E-state index in [9.17, 15) is 53.4 Å². The predicted octanol–water partition coefficient (Wildman–Crippen LogP) is -0.791. The molecule has 358 valence electrons. The van der Waals surface area contributed by atoms with Crippen LogP contribution in [0.5, 0.6) is 5.75 Å². The summed E-state index contributed by atoms with van der Waals surface area (Å²) in [6.45, 7) is 12.1. The Morgan fingerprint density at radius 2 is 1.34 bits per heavy atom. The molecule has 0 saturated carbocycles. The second-order valence-corrected chi connectivity index (χ2v) is 17.5. The lowest BCUT2D eigenvalue weighted by atomic mass is 9.96. The van der Waals surface area contributed by atoms with Crippen LogP contribution in [0.1, 0.15) is 86.1 Å². The molecular weight excluding hydrogens is 873 g/mol. The van der Waals surface area contributed by atoms with Crippen LogP contribution in [0.2, 0.25) is 0 Å². The highest BCUT2D eigenvalue weighted by atomic mass is 32.1. The number of thiol groups is 2. The van der Waals surface area contributed by atoms with Gasteiger partial charge in [0.05, 0.1) is 24.4 Å². The lowest BCUT2D eigenvalue weighted by molar-refractivity contribution is -0.145. The Hall–Kier alpha value is -5.09. The van der Waals surface area contributed by atoms with E-state index in [0.717, 1.165) is 0 Å². The highest BCUT2D eigenvalue weighted by Crippen LogP contribution is 2.20. The third kappa shape index (κ3) is 17.1. The molecule has 22 heteroatoms. The number of hydrogen-bond acceptors (Lipinski definition) is 13. The molecule has 64 heavy (non-hydrogen) atoms. The molecule has 1 saturated heterocycles. The Kier molecular flexibility index (Phi) is 22.9. The molecule has 8 amide bonds. The van der Waals surface area contributed by atoms with Gasteiger partial charge in [-0.2, -0.15) is 25.3 Å². The molecule has 10 atom stereocenters. The second-order valence-electron chi connectivity index (χ2n) is 16.3. The zero-order valence-electron chi connectivity index (χ0n) is 37.4. The van der Waals surface area contributed by atoms with Crippen molar-refractivity contribution in [3.8, 4) is 5.75 Å². The maximum absolute atomic E-state index is 13.9. The number of carboxylic acid groups (broad SMARTS) is 1. The van der Waals surface area contributed by atoms with Crippen LogP contribution in [0.15, 0.2) is 24.3 Å². The minimum absolute atomic E-state index is 0.0284. The number of aliphatic hydroxyl groups excluding tert-OH is 1. The molecule has 1 aliphatic heterocycles. The lowest BCUT2D eigenvalue weighted by Crippen LogP contribution is -2.63. The molecule has 1 aromatic rings. The first-order chi connectivity index (χ1) is 30.0. The number of ether oxygens (including phenoxy) is 1. The first-order valence-corrected chi connectivity index (χ1v) is 22.5. The highest BCUT2D eigenvalue weighted by Gasteiger charge is 2.40. The molecular formula is C42H66N8O12S2. The number of carboxylic acids is 1. The quantitative estimate of drug-likeness (QED) is 0.0510. The van der Waals surface area contributed by atoms with Crippen LogP contribution < -0.4 is 42.4 Å². The van der Waals surface area contributed by atoms with Crippen LogP contribution in [0.25, 0.3) is 0 Å². The number of carbonyl (C=O) groups is 9. The number of primary amides is 1. The summed E-state index contributed by atoms with van der Waals surface area (Å²) in [5.41, 5.74) is 6.09. The maximum Gasteiger partial charge on any atom is 0.326 e. The average molecular weight is 939 g/mol. The van der Waals surface area contributed by atoms with E-state index in [2.05, 4.69) is 57.2 Å². The van der Waals surface area contributed by atoms with Gasteiger partial charge in [-0.05, 0) is 69.6 Å². The summed E-state index contributed by atoms with van der Waals surface area (Å²) in [6, 6.07) is -2.66. The van der Waals surface area contributed by atoms with Gasteiger partial charge in [0.15, 0.2) is 0 Å². The van der Waals surface area contributed by atoms with Crippen LogP contribution in [0.3, 0.4) is 0 Å². The van der Waals surface area contributed by atoms with E-state index in [1.165, 1.54) is 18.7 Å². The zero-order valence-corrected chi connectivity index (χ0v) is 39.2. The molecule has 1 fully saturated rings. The Morgan fingerprint density at radius 1 is 0.781 bits per heavy atom. The fourth-order valence-electron chi connectivity index (χ4n) is 6.82. The Labute approximate surface area is 384 Å². The number of nitrogens with two attached hydrogens (primary N) is 1. The Balaban J connectivity index is 2.28. The number of likely N-dealkylation sites (tertiary alicyclic amines) is 1. The highest BCUT2D eigenvalue weighted by molar-refractivity contribution is 7.81. The summed E-state index contributed by atoms with van der Waals surface area (Å²) >= 11 is 8.38. The zero-order chi connectivity index (χ0) is 48.4. The van der Waals surface area contributed by atoms with E-state index in [4.69, 9.17) is 10.5 Å². The average Bonchev–Trinajstić information content (AvgIpc) is 3.73. The van der Waals surface area contributed by atoms with E-state index in [0.29, 0.717) is 30.8 Å². The molecule has 1 unspecified atom stereocenters. The number of carbonyl (C=O) groups excluding carboxylic acids is 8. The van der Waals surface area contributed by atoms with Gasteiger partial charge < -0.3 is 57.5 Å². The number of aliphatic hydroxyl groups is 1. The molecule has 1 heterocycles. The number of nitrogens with one attached hydrogen (secondary N) is 6. The summed E-state index contributed by atoms with van der Waals surface area (Å²) in [5, 5.41) is 34.6. The number of amides is 8. The van der Waals surface area contributed by atoms with Gasteiger partial charge in [-0.3, -0.25) is 38.4 Å². The van der Waals surface area contributed by atoms with Crippen molar-refractivity contribution in [1.29, 1.82) is 0 Å². The topological polar surface area (TPSA) is 305 Å². The van der Waals surface area contributed by atoms with Crippen molar-refractivity contribution in [2.24, 2.45) is 17.6 Å². The number of rotatable bonds is 26. The van der Waals surface area contributed by atoms with Crippen LogP contribution >= 0.6 is 25.3 Å². The Morgan fingerprint density at radius 3 is 1.86 bits per heavy atom. The molecule has 0 aromatic heterocycles. The van der Waals surface area contributed by atoms with Gasteiger partial charge in [-0.1, -0.05) is 46.2 Å². The molecule has 0 spiro atoms. The summed E-state index contributed by atoms with van der Waals surface area (Å²) in [7, 11) is 0. The van der Waals surface area contributed by atoms with Gasteiger partial charge in [-0.15, -0.1) is 0 Å². The first-order valence-electron chi connectivity index (χ1n) is 21.4. The minimum atomic E-state index is -1.75. The van der Waals surface area contributed by atoms with Crippen molar-refractivity contribution in [3.05, 3.63) is 29.8 Å². The fraction of sp³-hybridized carbons (Fsp3) is 0.643. The third-order valence-corrected chi connectivity index (χ3v) is 11.1. The van der Waals surface area contributed by atoms with Crippen LogP contribution in [-0.4, -0.2) is 141 Å². The van der Waals surface area contributed by atoms with Crippen molar-refractivity contribution in [2.75, 3.05) is 18.9 Å². The molecule has 10 N–H and O–H groups in total. The monoisotopic (exact) mass is 938 g/mol. The molecule has 1 aliphatic rings. The van der Waals surface area contributed by atoms with E-state index in [-0.39, 0.29) is 37.5 Å². The molecule has 20 nitrogen and oxygen atoms in total. The minimum Gasteiger partial charge on any atom is -0.494 e. The molecule has 0 bridgehead atoms. The van der Waals surface area contributed by atoms with Gasteiger partial charge in [0.25, 0.3) is 0 Å². The van der Waals surface area contributed by atoms with E-state index >= 15 is 0 Å². The van der Waals surface area contributed by atoms with Crippen LogP contribution in [-0.2, 0) is 49.6 Å². The van der Waals surface area contributed by atoms with E-state index in [1.54, 1.807) is 52.0 Å². The molecule has 1 aromatic carbocycles. The molecule has 2 rings (SSSR count). The van der Waals surface area contributed by atoms with Crippen molar-refractivity contribution in [3.63, 3.8) is 0 Å². The van der Waals surface area contributed by atoms with Crippen LogP contribution in [0.4, 0.5) is 0 Å². The predicted molar refractivity (Wildman–Crippen MR) is 242 cm³/mol. The summed E-state index contributed by atoms with van der Waals surface area (Å²) in [6.07, 6.45) is -1.19. The molecule has 0 aliphatic carbocycles. The summed E-state index contributed by atoms with van der Waals surface area (Å²) in [5.74, 6) is -8.28.